The van der Waals surface area contributed by atoms with Crippen LogP contribution < -0.4 is 0 Å². The largest absolute Gasteiger partial charge is 0.455 e. The molecule has 0 fully saturated rings. The van der Waals surface area contributed by atoms with Gasteiger partial charge in [0.05, 0.1) is 0 Å². The lowest BCUT2D eigenvalue weighted by atomic mass is 9.86. The van der Waals surface area contributed by atoms with Gasteiger partial charge in [-0.3, -0.25) is 0 Å². The molecule has 220 valence electrons. The summed E-state index contributed by atoms with van der Waals surface area (Å²) in [6.45, 7) is 0. The third-order valence-electron chi connectivity index (χ3n) is 10.0. The Morgan fingerprint density at radius 3 is 1.81 bits per heavy atom. The highest BCUT2D eigenvalue weighted by molar-refractivity contribution is 6.29. The molecule has 0 aliphatic carbocycles. The summed E-state index contributed by atoms with van der Waals surface area (Å²) in [6.07, 6.45) is 0. The van der Waals surface area contributed by atoms with Crippen LogP contribution in [0.3, 0.4) is 0 Å². The zero-order valence-electron chi connectivity index (χ0n) is 25.9. The zero-order chi connectivity index (χ0) is 31.1. The monoisotopic (exact) mass is 599 g/mol. The van der Waals surface area contributed by atoms with Crippen molar-refractivity contribution in [3.63, 3.8) is 0 Å². The molecule has 2 heteroatoms. The minimum absolute atomic E-state index is 0.901. The van der Waals surface area contributed by atoms with E-state index in [4.69, 9.17) is 4.42 Å². The number of aryl methyl sites for hydroxylation is 1. The van der Waals surface area contributed by atoms with Gasteiger partial charge >= 0.3 is 0 Å². The quantitative estimate of drug-likeness (QED) is 0.198. The highest BCUT2D eigenvalue weighted by atomic mass is 16.3. The van der Waals surface area contributed by atoms with E-state index in [1.54, 1.807) is 0 Å². The number of hydrogen-bond donors (Lipinski definition) is 0. The lowest BCUT2D eigenvalue weighted by molar-refractivity contribution is 0.670. The molecule has 0 bridgehead atoms. The first-order chi connectivity index (χ1) is 23.3. The molecule has 10 rings (SSSR count). The molecule has 0 atom stereocenters. The van der Waals surface area contributed by atoms with E-state index in [0.29, 0.717) is 0 Å². The molecule has 0 aliphatic heterocycles. The van der Waals surface area contributed by atoms with E-state index in [0.717, 1.165) is 27.5 Å². The van der Waals surface area contributed by atoms with Crippen LogP contribution in [0.2, 0.25) is 0 Å². The Hall–Kier alpha value is -6.12. The minimum Gasteiger partial charge on any atom is -0.455 e. The number of rotatable bonds is 3. The number of para-hydroxylation sites is 2. The summed E-state index contributed by atoms with van der Waals surface area (Å²) < 4.78 is 9.21. The number of furan rings is 1. The molecule has 0 unspecified atom stereocenters. The average molecular weight is 600 g/mol. The molecule has 0 N–H and O–H groups in total. The van der Waals surface area contributed by atoms with E-state index in [1.165, 1.54) is 71.2 Å². The SMILES string of the molecule is Cn1c2ccccc2c2c(-c3c4ccccc4c(-c4ccc(-c5cccc6ccccc56)cc4)c4c3oc3ccccc34)cccc21. The van der Waals surface area contributed by atoms with Gasteiger partial charge in [-0.15, -0.1) is 0 Å². The van der Waals surface area contributed by atoms with Gasteiger partial charge in [0.25, 0.3) is 0 Å². The van der Waals surface area contributed by atoms with Crippen LogP contribution in [0, 0.1) is 0 Å². The third-order valence-corrected chi connectivity index (χ3v) is 10.0. The maximum Gasteiger partial charge on any atom is 0.144 e. The van der Waals surface area contributed by atoms with Crippen LogP contribution in [-0.2, 0) is 7.05 Å². The summed E-state index contributed by atoms with van der Waals surface area (Å²) in [7, 11) is 2.16. The Balaban J connectivity index is 1.30. The first-order valence-corrected chi connectivity index (χ1v) is 16.2. The van der Waals surface area contributed by atoms with Gasteiger partial charge in [0.2, 0.25) is 0 Å². The molecule has 10 aromatic rings. The number of nitrogens with zero attached hydrogens (tertiary/aromatic N) is 1. The van der Waals surface area contributed by atoms with Gasteiger partial charge in [-0.1, -0.05) is 140 Å². The Labute approximate surface area is 271 Å². The average Bonchev–Trinajstić information content (AvgIpc) is 3.66. The maximum absolute atomic E-state index is 6.91. The Morgan fingerprint density at radius 1 is 0.404 bits per heavy atom. The summed E-state index contributed by atoms with van der Waals surface area (Å²) >= 11 is 0. The highest BCUT2D eigenvalue weighted by Gasteiger charge is 2.24. The van der Waals surface area contributed by atoms with Crippen LogP contribution in [0.25, 0.3) is 98.7 Å². The Kier molecular flexibility index (Phi) is 5.53. The second-order valence-corrected chi connectivity index (χ2v) is 12.5. The summed E-state index contributed by atoms with van der Waals surface area (Å²) in [5, 5.41) is 9.72. The van der Waals surface area contributed by atoms with E-state index in [-0.39, 0.29) is 0 Å². The second kappa shape index (κ2) is 9.94. The van der Waals surface area contributed by atoms with Crippen molar-refractivity contribution in [1.82, 2.24) is 4.57 Å². The molecule has 2 heterocycles. The molecule has 47 heavy (non-hydrogen) atoms. The summed E-state index contributed by atoms with van der Waals surface area (Å²) in [4.78, 5) is 0. The predicted molar refractivity (Wildman–Crippen MR) is 199 cm³/mol. The van der Waals surface area contributed by atoms with Gasteiger partial charge in [0.1, 0.15) is 11.2 Å². The smallest absolute Gasteiger partial charge is 0.144 e. The molecule has 0 saturated heterocycles. The first-order valence-electron chi connectivity index (χ1n) is 16.2. The summed E-state index contributed by atoms with van der Waals surface area (Å²) in [5.74, 6) is 0. The van der Waals surface area contributed by atoms with Crippen molar-refractivity contribution in [3.8, 4) is 33.4 Å². The summed E-state index contributed by atoms with van der Waals surface area (Å²) in [6, 6.07) is 57.0. The van der Waals surface area contributed by atoms with Crippen LogP contribution >= 0.6 is 0 Å². The number of fused-ring (bicyclic) bond motifs is 8. The Morgan fingerprint density at radius 2 is 0.979 bits per heavy atom. The van der Waals surface area contributed by atoms with E-state index in [2.05, 4.69) is 169 Å². The molecule has 0 amide bonds. The molecule has 2 nitrogen and oxygen atoms in total. The number of benzene rings is 8. The standard InChI is InChI=1S/C45H29NO/c1-46-38-21-8-6-17-35(38)42-37(20-11-22-39(42)46)43-34-16-5-4-15-33(34)41(44-36-18-7-9-23-40(36)47-45(43)44)30-26-24-29(25-27-30)32-19-10-13-28-12-2-3-14-31(28)32/h2-27H,1H3. The van der Waals surface area contributed by atoms with Crippen molar-refractivity contribution in [2.24, 2.45) is 7.05 Å². The van der Waals surface area contributed by atoms with Crippen molar-refractivity contribution in [1.29, 1.82) is 0 Å². The molecule has 0 saturated carbocycles. The van der Waals surface area contributed by atoms with Gasteiger partial charge in [-0.05, 0) is 62.0 Å². The van der Waals surface area contributed by atoms with Crippen molar-refractivity contribution in [3.05, 3.63) is 158 Å². The topological polar surface area (TPSA) is 18.1 Å². The lowest BCUT2D eigenvalue weighted by Crippen LogP contribution is -1.91. The van der Waals surface area contributed by atoms with Crippen molar-refractivity contribution in [2.75, 3.05) is 0 Å². The lowest BCUT2D eigenvalue weighted by Gasteiger charge is -2.16. The van der Waals surface area contributed by atoms with Gasteiger partial charge in [-0.2, -0.15) is 0 Å². The highest BCUT2D eigenvalue weighted by Crippen LogP contribution is 2.49. The normalized spacial score (nSPS) is 11.9. The fourth-order valence-corrected chi connectivity index (χ4v) is 7.92. The van der Waals surface area contributed by atoms with Gasteiger partial charge in [-0.25, -0.2) is 0 Å². The second-order valence-electron chi connectivity index (χ2n) is 12.5. The molecule has 0 radical (unpaired) electrons. The predicted octanol–water partition coefficient (Wildman–Crippen LogP) is 12.5. The maximum atomic E-state index is 6.91. The fourth-order valence-electron chi connectivity index (χ4n) is 7.92. The molecular weight excluding hydrogens is 571 g/mol. The van der Waals surface area contributed by atoms with Gasteiger partial charge < -0.3 is 8.98 Å². The van der Waals surface area contributed by atoms with Crippen molar-refractivity contribution >= 4 is 65.3 Å². The van der Waals surface area contributed by atoms with Crippen LogP contribution in [-0.4, -0.2) is 4.57 Å². The van der Waals surface area contributed by atoms with E-state index in [1.807, 2.05) is 0 Å². The van der Waals surface area contributed by atoms with E-state index < -0.39 is 0 Å². The van der Waals surface area contributed by atoms with E-state index in [9.17, 15) is 0 Å². The molecular formula is C45H29NO. The van der Waals surface area contributed by atoms with Crippen LogP contribution in [0.1, 0.15) is 0 Å². The number of aromatic nitrogens is 1. The first kappa shape index (κ1) is 26.1. The van der Waals surface area contributed by atoms with Gasteiger partial charge in [0, 0.05) is 50.8 Å². The Bertz CT molecular complexity index is 2840. The van der Waals surface area contributed by atoms with Crippen LogP contribution in [0.5, 0.6) is 0 Å². The summed E-state index contributed by atoms with van der Waals surface area (Å²) in [5.41, 5.74) is 11.4. The van der Waals surface area contributed by atoms with Crippen molar-refractivity contribution in [2.45, 2.75) is 0 Å². The molecule has 2 aromatic heterocycles. The minimum atomic E-state index is 0.901. The third kappa shape index (κ3) is 3.73. The van der Waals surface area contributed by atoms with Crippen LogP contribution in [0.15, 0.2) is 162 Å². The molecule has 0 aliphatic rings. The fraction of sp³-hybridized carbons (Fsp3) is 0.0222. The molecule has 8 aromatic carbocycles. The van der Waals surface area contributed by atoms with Crippen LogP contribution in [0.4, 0.5) is 0 Å². The molecule has 0 spiro atoms. The number of hydrogen-bond acceptors (Lipinski definition) is 1. The van der Waals surface area contributed by atoms with Gasteiger partial charge in [0.15, 0.2) is 0 Å². The van der Waals surface area contributed by atoms with Crippen molar-refractivity contribution < 1.29 is 4.42 Å². The zero-order valence-corrected chi connectivity index (χ0v) is 25.9. The van der Waals surface area contributed by atoms with E-state index >= 15 is 0 Å².